The lowest BCUT2D eigenvalue weighted by Gasteiger charge is -2.29. The van der Waals surface area contributed by atoms with Crippen LogP contribution in [0.3, 0.4) is 0 Å². The van der Waals surface area contributed by atoms with E-state index in [0.29, 0.717) is 12.1 Å². The summed E-state index contributed by atoms with van der Waals surface area (Å²) >= 11 is 0. The molecule has 1 unspecified atom stereocenters. The van der Waals surface area contributed by atoms with Gasteiger partial charge in [-0.3, -0.25) is 4.90 Å². The Balaban J connectivity index is 3.80. The molecule has 1 N–H and O–H groups in total. The van der Waals surface area contributed by atoms with Gasteiger partial charge in [0, 0.05) is 19.1 Å². The van der Waals surface area contributed by atoms with Gasteiger partial charge in [-0.1, -0.05) is 19.8 Å². The zero-order valence-corrected chi connectivity index (χ0v) is 12.5. The van der Waals surface area contributed by atoms with Crippen molar-refractivity contribution in [3.05, 3.63) is 0 Å². The molecule has 3 nitrogen and oxygen atoms in total. The molecule has 0 aromatic rings. The van der Waals surface area contributed by atoms with Gasteiger partial charge in [-0.15, -0.1) is 0 Å². The van der Waals surface area contributed by atoms with E-state index in [1.54, 1.807) is 0 Å². The second kappa shape index (κ2) is 11.0. The average Bonchev–Trinajstić information content (AvgIpc) is 2.28. The molecule has 0 heterocycles. The van der Waals surface area contributed by atoms with E-state index in [1.165, 1.54) is 25.8 Å². The molecule has 0 aliphatic rings. The Kier molecular flexibility index (Phi) is 10.9. The quantitative estimate of drug-likeness (QED) is 0.565. The maximum Gasteiger partial charge on any atom is 0.0674 e. The fourth-order valence-electron chi connectivity index (χ4n) is 1.87. The third-order valence-corrected chi connectivity index (χ3v) is 3.03. The van der Waals surface area contributed by atoms with Crippen molar-refractivity contribution in [1.82, 2.24) is 10.2 Å². The van der Waals surface area contributed by atoms with E-state index in [1.807, 2.05) is 7.05 Å². The number of hydrogen-bond donors (Lipinski definition) is 1. The second-order valence-electron chi connectivity index (χ2n) is 5.08. The van der Waals surface area contributed by atoms with Gasteiger partial charge in [0.15, 0.2) is 0 Å². The zero-order valence-electron chi connectivity index (χ0n) is 12.5. The Morgan fingerprint density at radius 1 is 1.18 bits per heavy atom. The first kappa shape index (κ1) is 16.9. The summed E-state index contributed by atoms with van der Waals surface area (Å²) in [6.45, 7) is 12.9. The van der Waals surface area contributed by atoms with Crippen LogP contribution in [0, 0.1) is 0 Å². The highest BCUT2D eigenvalue weighted by atomic mass is 16.5. The average molecular weight is 244 g/mol. The first-order valence-corrected chi connectivity index (χ1v) is 7.12. The van der Waals surface area contributed by atoms with Crippen LogP contribution in [-0.4, -0.2) is 50.3 Å². The minimum absolute atomic E-state index is 0.326. The van der Waals surface area contributed by atoms with Crippen LogP contribution in [0.2, 0.25) is 0 Å². The van der Waals surface area contributed by atoms with Crippen LogP contribution in [0.25, 0.3) is 0 Å². The summed E-state index contributed by atoms with van der Waals surface area (Å²) in [5.41, 5.74) is 0. The van der Waals surface area contributed by atoms with Crippen molar-refractivity contribution in [2.24, 2.45) is 0 Å². The van der Waals surface area contributed by atoms with Crippen LogP contribution >= 0.6 is 0 Å². The predicted molar refractivity (Wildman–Crippen MR) is 75.6 cm³/mol. The number of nitrogens with zero attached hydrogens (tertiary/aromatic N) is 1. The van der Waals surface area contributed by atoms with Gasteiger partial charge in [0.1, 0.15) is 0 Å². The molecule has 0 bridgehead atoms. The van der Waals surface area contributed by atoms with E-state index >= 15 is 0 Å². The van der Waals surface area contributed by atoms with Gasteiger partial charge in [-0.2, -0.15) is 0 Å². The molecule has 0 aromatic heterocycles. The van der Waals surface area contributed by atoms with Crippen LogP contribution in [0.5, 0.6) is 0 Å². The van der Waals surface area contributed by atoms with Crippen molar-refractivity contribution in [2.45, 2.75) is 59.1 Å². The van der Waals surface area contributed by atoms with Crippen molar-refractivity contribution in [1.29, 1.82) is 0 Å². The highest BCUT2D eigenvalue weighted by molar-refractivity contribution is 4.67. The van der Waals surface area contributed by atoms with E-state index < -0.39 is 0 Å². The smallest absolute Gasteiger partial charge is 0.0674 e. The third kappa shape index (κ3) is 9.57. The fourth-order valence-corrected chi connectivity index (χ4v) is 1.87. The first-order chi connectivity index (χ1) is 8.11. The van der Waals surface area contributed by atoms with Gasteiger partial charge in [-0.25, -0.2) is 0 Å². The summed E-state index contributed by atoms with van der Waals surface area (Å²) in [6.07, 6.45) is 4.25. The maximum absolute atomic E-state index is 5.77. The highest BCUT2D eigenvalue weighted by Gasteiger charge is 2.13. The maximum atomic E-state index is 5.77. The molecule has 3 heteroatoms. The van der Waals surface area contributed by atoms with E-state index in [9.17, 15) is 0 Å². The molecule has 17 heavy (non-hydrogen) atoms. The largest absolute Gasteiger partial charge is 0.376 e. The summed E-state index contributed by atoms with van der Waals surface area (Å²) < 4.78 is 5.77. The van der Waals surface area contributed by atoms with Gasteiger partial charge >= 0.3 is 0 Å². The van der Waals surface area contributed by atoms with E-state index in [4.69, 9.17) is 4.74 Å². The van der Waals surface area contributed by atoms with Crippen molar-refractivity contribution in [3.8, 4) is 0 Å². The summed E-state index contributed by atoms with van der Waals surface area (Å²) in [7, 11) is 1.96. The number of rotatable bonds is 11. The van der Waals surface area contributed by atoms with E-state index in [0.717, 1.165) is 19.7 Å². The fraction of sp³-hybridized carbons (Fsp3) is 1.00. The van der Waals surface area contributed by atoms with Gasteiger partial charge < -0.3 is 10.1 Å². The van der Waals surface area contributed by atoms with Gasteiger partial charge in [0.05, 0.1) is 12.7 Å². The third-order valence-electron chi connectivity index (χ3n) is 3.03. The molecule has 0 saturated carbocycles. The summed E-state index contributed by atoms with van der Waals surface area (Å²) in [4.78, 5) is 2.53. The molecule has 0 aliphatic heterocycles. The van der Waals surface area contributed by atoms with Crippen molar-refractivity contribution in [3.63, 3.8) is 0 Å². The monoisotopic (exact) mass is 244 g/mol. The Morgan fingerprint density at radius 3 is 2.41 bits per heavy atom. The molecule has 0 aliphatic carbocycles. The van der Waals surface area contributed by atoms with Gasteiger partial charge in [-0.05, 0) is 40.8 Å². The number of hydrogen-bond acceptors (Lipinski definition) is 3. The van der Waals surface area contributed by atoms with Crippen LogP contribution in [0.1, 0.15) is 47.0 Å². The lowest BCUT2D eigenvalue weighted by atomic mass is 10.2. The van der Waals surface area contributed by atoms with Gasteiger partial charge in [0.2, 0.25) is 0 Å². The summed E-state index contributed by atoms with van der Waals surface area (Å²) in [6, 6.07) is 0.613. The lowest BCUT2D eigenvalue weighted by Crippen LogP contribution is -2.38. The normalized spacial score (nSPS) is 13.6. The Labute approximate surface area is 108 Å². The van der Waals surface area contributed by atoms with Crippen molar-refractivity contribution < 1.29 is 4.74 Å². The minimum Gasteiger partial charge on any atom is -0.376 e. The van der Waals surface area contributed by atoms with Crippen LogP contribution in [0.15, 0.2) is 0 Å². The topological polar surface area (TPSA) is 24.5 Å². The summed E-state index contributed by atoms with van der Waals surface area (Å²) in [5.74, 6) is 0. The molecule has 0 fully saturated rings. The van der Waals surface area contributed by atoms with Crippen LogP contribution in [-0.2, 0) is 4.74 Å². The summed E-state index contributed by atoms with van der Waals surface area (Å²) in [5, 5.41) is 3.10. The molecule has 1 atom stereocenters. The lowest BCUT2D eigenvalue weighted by molar-refractivity contribution is 0.0318. The molecule has 0 saturated heterocycles. The molecule has 0 rings (SSSR count). The molecule has 0 aromatic carbocycles. The SMILES string of the molecule is CCCCCN(CC(C)OCCNC)C(C)C. The number of unbranched alkanes of at least 4 members (excludes halogenated alkanes) is 2. The Bertz CT molecular complexity index is 162. The van der Waals surface area contributed by atoms with Gasteiger partial charge in [0.25, 0.3) is 0 Å². The minimum atomic E-state index is 0.326. The van der Waals surface area contributed by atoms with E-state index in [-0.39, 0.29) is 0 Å². The Hall–Kier alpha value is -0.120. The molecule has 104 valence electrons. The van der Waals surface area contributed by atoms with E-state index in [2.05, 4.69) is 37.9 Å². The first-order valence-electron chi connectivity index (χ1n) is 7.12. The van der Waals surface area contributed by atoms with Crippen molar-refractivity contribution in [2.75, 3.05) is 33.3 Å². The Morgan fingerprint density at radius 2 is 1.88 bits per heavy atom. The molecule has 0 amide bonds. The highest BCUT2D eigenvalue weighted by Crippen LogP contribution is 2.06. The number of likely N-dealkylation sites (N-methyl/N-ethyl adjacent to an activating group) is 1. The molecular formula is C14H32N2O. The van der Waals surface area contributed by atoms with Crippen LogP contribution < -0.4 is 5.32 Å². The molecule has 0 spiro atoms. The standard InChI is InChI=1S/C14H32N2O/c1-6-7-8-10-16(13(2)3)12-14(4)17-11-9-15-5/h13-15H,6-12H2,1-5H3. The zero-order chi connectivity index (χ0) is 13.1. The predicted octanol–water partition coefficient (Wildman–Crippen LogP) is 2.51. The number of ether oxygens (including phenoxy) is 1. The molecule has 0 radical (unpaired) electrons. The van der Waals surface area contributed by atoms with Crippen LogP contribution in [0.4, 0.5) is 0 Å². The van der Waals surface area contributed by atoms with Crippen molar-refractivity contribution >= 4 is 0 Å². The second-order valence-corrected chi connectivity index (χ2v) is 5.08. The number of nitrogens with one attached hydrogen (secondary N) is 1. The molecular weight excluding hydrogens is 212 g/mol.